The Labute approximate surface area is 176 Å². The quantitative estimate of drug-likeness (QED) is 0.543. The van der Waals surface area contributed by atoms with E-state index in [1.807, 2.05) is 36.4 Å². The highest BCUT2D eigenvalue weighted by atomic mass is 35.5. The number of ether oxygens (including phenoxy) is 1. The summed E-state index contributed by atoms with van der Waals surface area (Å²) in [4.78, 5) is 9.01. The predicted molar refractivity (Wildman–Crippen MR) is 115 cm³/mol. The summed E-state index contributed by atoms with van der Waals surface area (Å²) in [6.45, 7) is 5.49. The molecule has 150 valence electrons. The molecule has 0 aliphatic carbocycles. The summed E-state index contributed by atoms with van der Waals surface area (Å²) in [7, 11) is 0. The van der Waals surface area contributed by atoms with Crippen molar-refractivity contribution in [2.75, 3.05) is 26.3 Å². The fourth-order valence-corrected chi connectivity index (χ4v) is 4.08. The predicted octanol–water partition coefficient (Wildman–Crippen LogP) is 4.19. The molecule has 0 spiro atoms. The molecule has 1 aliphatic heterocycles. The number of nitrogens with one attached hydrogen (secondary N) is 2. The Morgan fingerprint density at radius 1 is 1.18 bits per heavy atom. The third kappa shape index (κ3) is 5.37. The minimum absolute atomic E-state index is 0.124. The van der Waals surface area contributed by atoms with Gasteiger partial charge >= 0.3 is 0 Å². The molecule has 1 aromatic heterocycles. The van der Waals surface area contributed by atoms with Crippen molar-refractivity contribution in [2.45, 2.75) is 31.7 Å². The highest BCUT2D eigenvalue weighted by molar-refractivity contribution is 6.35. The smallest absolute Gasteiger partial charge is 0.191 e. The Morgan fingerprint density at radius 2 is 2.00 bits per heavy atom. The largest absolute Gasteiger partial charge is 0.381 e. The first kappa shape index (κ1) is 20.9. The first-order valence-corrected chi connectivity index (χ1v) is 10.3. The summed E-state index contributed by atoms with van der Waals surface area (Å²) in [5, 5.41) is 8.16. The van der Waals surface area contributed by atoms with Crippen LogP contribution in [0.3, 0.4) is 0 Å². The van der Waals surface area contributed by atoms with Gasteiger partial charge in [-0.25, -0.2) is 4.99 Å². The van der Waals surface area contributed by atoms with Crippen LogP contribution in [0.15, 0.2) is 47.6 Å². The second kappa shape index (κ2) is 10.1. The lowest BCUT2D eigenvalue weighted by Gasteiger charge is -2.39. The summed E-state index contributed by atoms with van der Waals surface area (Å²) in [5.41, 5.74) is 1.91. The van der Waals surface area contributed by atoms with Crippen LogP contribution in [0.5, 0.6) is 0 Å². The zero-order chi connectivity index (χ0) is 19.8. The molecule has 2 heterocycles. The van der Waals surface area contributed by atoms with Crippen molar-refractivity contribution in [3.8, 4) is 0 Å². The number of guanidine groups is 1. The molecule has 1 aromatic carbocycles. The summed E-state index contributed by atoms with van der Waals surface area (Å²) in [6.07, 6.45) is 3.56. The van der Waals surface area contributed by atoms with Crippen LogP contribution in [0.4, 0.5) is 0 Å². The van der Waals surface area contributed by atoms with Crippen LogP contribution >= 0.6 is 23.2 Å². The summed E-state index contributed by atoms with van der Waals surface area (Å²) in [6, 6.07) is 11.6. The van der Waals surface area contributed by atoms with Crippen LogP contribution in [-0.4, -0.2) is 37.2 Å². The van der Waals surface area contributed by atoms with Gasteiger partial charge in [0.1, 0.15) is 0 Å². The van der Waals surface area contributed by atoms with Gasteiger partial charge in [-0.15, -0.1) is 0 Å². The molecule has 1 fully saturated rings. The minimum Gasteiger partial charge on any atom is -0.381 e. The van der Waals surface area contributed by atoms with Crippen LogP contribution < -0.4 is 10.6 Å². The number of nitrogens with zero attached hydrogens (tertiary/aromatic N) is 2. The van der Waals surface area contributed by atoms with Crippen LogP contribution in [0.2, 0.25) is 10.0 Å². The maximum absolute atomic E-state index is 6.56. The second-order valence-corrected chi connectivity index (χ2v) is 7.73. The Bertz CT molecular complexity index is 792. The highest BCUT2D eigenvalue weighted by Gasteiger charge is 2.36. The van der Waals surface area contributed by atoms with Gasteiger partial charge in [-0.2, -0.15) is 0 Å². The molecule has 0 radical (unpaired) electrons. The Kier molecular flexibility index (Phi) is 7.54. The number of halogens is 2. The van der Waals surface area contributed by atoms with Crippen molar-refractivity contribution in [1.82, 2.24) is 15.6 Å². The van der Waals surface area contributed by atoms with Gasteiger partial charge in [0.2, 0.25) is 0 Å². The van der Waals surface area contributed by atoms with Gasteiger partial charge in [-0.1, -0.05) is 35.3 Å². The lowest BCUT2D eigenvalue weighted by molar-refractivity contribution is 0.0514. The van der Waals surface area contributed by atoms with E-state index in [1.54, 1.807) is 6.20 Å². The lowest BCUT2D eigenvalue weighted by Crippen LogP contribution is -2.48. The molecule has 0 amide bonds. The van der Waals surface area contributed by atoms with E-state index < -0.39 is 0 Å². The monoisotopic (exact) mass is 420 g/mol. The van der Waals surface area contributed by atoms with Crippen LogP contribution in [0, 0.1) is 0 Å². The first-order chi connectivity index (χ1) is 13.6. The fourth-order valence-electron chi connectivity index (χ4n) is 3.47. The van der Waals surface area contributed by atoms with Crippen molar-refractivity contribution >= 4 is 29.2 Å². The van der Waals surface area contributed by atoms with E-state index in [-0.39, 0.29) is 5.41 Å². The number of benzene rings is 1. The standard InChI is InChI=1S/C21H26Cl2N4O/c1-2-24-20(26-14-17-5-3-4-10-25-17)27-15-21(8-11-28-12-9-21)18-7-6-16(22)13-19(18)23/h3-7,10,13H,2,8-9,11-12,14-15H2,1H3,(H2,24,26,27). The number of hydrogen-bond donors (Lipinski definition) is 2. The van der Waals surface area contributed by atoms with E-state index >= 15 is 0 Å². The summed E-state index contributed by atoms with van der Waals surface area (Å²) in [5.74, 6) is 0.768. The number of pyridine rings is 1. The highest BCUT2D eigenvalue weighted by Crippen LogP contribution is 2.39. The maximum Gasteiger partial charge on any atom is 0.191 e. The van der Waals surface area contributed by atoms with Gasteiger partial charge in [0.15, 0.2) is 5.96 Å². The molecular weight excluding hydrogens is 395 g/mol. The molecule has 1 aliphatic rings. The molecule has 2 aromatic rings. The van der Waals surface area contributed by atoms with Gasteiger partial charge in [0.25, 0.3) is 0 Å². The van der Waals surface area contributed by atoms with E-state index in [0.717, 1.165) is 36.6 Å². The molecule has 0 unspecified atom stereocenters. The van der Waals surface area contributed by atoms with Crippen LogP contribution in [0.1, 0.15) is 31.0 Å². The molecule has 3 rings (SSSR count). The van der Waals surface area contributed by atoms with E-state index in [9.17, 15) is 0 Å². The summed E-state index contributed by atoms with van der Waals surface area (Å²) < 4.78 is 5.62. The van der Waals surface area contributed by atoms with Gasteiger partial charge in [0, 0.05) is 48.0 Å². The fraction of sp³-hybridized carbons (Fsp3) is 0.429. The van der Waals surface area contributed by atoms with Crippen molar-refractivity contribution < 1.29 is 4.74 Å². The third-order valence-electron chi connectivity index (χ3n) is 5.02. The number of aliphatic imine (C=N–C) groups is 1. The number of hydrogen-bond acceptors (Lipinski definition) is 3. The zero-order valence-corrected chi connectivity index (χ0v) is 17.6. The molecule has 0 bridgehead atoms. The van der Waals surface area contributed by atoms with Crippen molar-refractivity contribution in [1.29, 1.82) is 0 Å². The van der Waals surface area contributed by atoms with Crippen LogP contribution in [-0.2, 0) is 16.7 Å². The topological polar surface area (TPSA) is 58.5 Å². The Hall–Kier alpha value is -1.82. The zero-order valence-electron chi connectivity index (χ0n) is 16.0. The van der Waals surface area contributed by atoms with E-state index in [2.05, 4.69) is 27.5 Å². The average molecular weight is 421 g/mol. The Morgan fingerprint density at radius 3 is 2.68 bits per heavy atom. The molecule has 0 atom stereocenters. The molecule has 1 saturated heterocycles. The van der Waals surface area contributed by atoms with Gasteiger partial charge in [-0.3, -0.25) is 4.98 Å². The minimum atomic E-state index is -0.124. The van der Waals surface area contributed by atoms with Crippen LogP contribution in [0.25, 0.3) is 0 Å². The second-order valence-electron chi connectivity index (χ2n) is 6.89. The molecule has 28 heavy (non-hydrogen) atoms. The maximum atomic E-state index is 6.56. The van der Waals surface area contributed by atoms with Gasteiger partial charge < -0.3 is 15.4 Å². The SMILES string of the molecule is CCNC(=NCc1ccccn1)NCC1(c2ccc(Cl)cc2Cl)CCOCC1. The van der Waals surface area contributed by atoms with E-state index in [4.69, 9.17) is 27.9 Å². The molecule has 7 heteroatoms. The first-order valence-electron chi connectivity index (χ1n) is 9.58. The van der Waals surface area contributed by atoms with Crippen molar-refractivity contribution in [3.63, 3.8) is 0 Å². The molecule has 5 nitrogen and oxygen atoms in total. The van der Waals surface area contributed by atoms with Crippen molar-refractivity contribution in [3.05, 3.63) is 63.9 Å². The molecular formula is C21H26Cl2N4O. The van der Waals surface area contributed by atoms with Gasteiger partial charge in [0.05, 0.1) is 12.2 Å². The third-order valence-corrected chi connectivity index (χ3v) is 5.56. The average Bonchev–Trinajstić information content (AvgIpc) is 2.71. The summed E-state index contributed by atoms with van der Waals surface area (Å²) >= 11 is 12.7. The normalized spacial score (nSPS) is 16.6. The molecule has 0 saturated carbocycles. The van der Waals surface area contributed by atoms with E-state index in [0.29, 0.717) is 36.3 Å². The number of aromatic nitrogens is 1. The lowest BCUT2D eigenvalue weighted by atomic mass is 9.74. The van der Waals surface area contributed by atoms with Crippen molar-refractivity contribution in [2.24, 2.45) is 4.99 Å². The van der Waals surface area contributed by atoms with Gasteiger partial charge in [-0.05, 0) is 49.6 Å². The molecule has 2 N–H and O–H groups in total. The van der Waals surface area contributed by atoms with E-state index in [1.165, 1.54) is 0 Å². The Balaban J connectivity index is 1.77. The number of rotatable bonds is 6.